The molecule has 0 saturated carbocycles. The van der Waals surface area contributed by atoms with E-state index in [-0.39, 0.29) is 24.2 Å². The van der Waals surface area contributed by atoms with Gasteiger partial charge in [0.1, 0.15) is 11.6 Å². The highest BCUT2D eigenvalue weighted by molar-refractivity contribution is 5.76. The third-order valence-electron chi connectivity index (χ3n) is 3.90. The predicted molar refractivity (Wildman–Crippen MR) is 102 cm³/mol. The smallest absolute Gasteiger partial charge is 0.227 e. The van der Waals surface area contributed by atoms with Gasteiger partial charge in [0.25, 0.3) is 0 Å². The van der Waals surface area contributed by atoms with E-state index in [1.807, 2.05) is 38.1 Å². The van der Waals surface area contributed by atoms with Crippen LogP contribution in [0.2, 0.25) is 0 Å². The number of hydrogen-bond donors (Lipinski definition) is 1. The number of aromatic nitrogens is 2. The minimum Gasteiger partial charge on any atom is -0.491 e. The third kappa shape index (κ3) is 5.64. The van der Waals surface area contributed by atoms with E-state index in [2.05, 4.69) is 15.5 Å². The maximum Gasteiger partial charge on any atom is 0.227 e. The number of nitrogens with one attached hydrogen (secondary N) is 1. The normalized spacial score (nSPS) is 10.9. The van der Waals surface area contributed by atoms with E-state index in [0.717, 1.165) is 11.3 Å². The average molecular weight is 383 g/mol. The van der Waals surface area contributed by atoms with E-state index in [1.165, 1.54) is 12.1 Å². The summed E-state index contributed by atoms with van der Waals surface area (Å²) in [7, 11) is 0. The van der Waals surface area contributed by atoms with Gasteiger partial charge in [-0.25, -0.2) is 4.39 Å². The third-order valence-corrected chi connectivity index (χ3v) is 3.90. The molecule has 6 nitrogen and oxygen atoms in total. The lowest BCUT2D eigenvalue weighted by Crippen LogP contribution is -2.23. The Hall–Kier alpha value is -3.22. The topological polar surface area (TPSA) is 77.2 Å². The fourth-order valence-electron chi connectivity index (χ4n) is 2.57. The lowest BCUT2D eigenvalue weighted by molar-refractivity contribution is -0.121. The molecule has 1 aromatic heterocycles. The first-order chi connectivity index (χ1) is 13.5. The van der Waals surface area contributed by atoms with Gasteiger partial charge >= 0.3 is 0 Å². The number of amides is 1. The lowest BCUT2D eigenvalue weighted by Gasteiger charge is -2.10. The summed E-state index contributed by atoms with van der Waals surface area (Å²) in [5, 5.41) is 6.69. The van der Waals surface area contributed by atoms with Crippen LogP contribution in [0.5, 0.6) is 5.75 Å². The molecular formula is C21H22FN3O3. The second-order valence-electron chi connectivity index (χ2n) is 6.61. The molecule has 146 valence electrons. The van der Waals surface area contributed by atoms with Gasteiger partial charge in [-0.1, -0.05) is 29.4 Å². The molecule has 0 saturated heterocycles. The quantitative estimate of drug-likeness (QED) is 0.638. The maximum absolute atomic E-state index is 13.3. The fraction of sp³-hybridized carbons (Fsp3) is 0.286. The van der Waals surface area contributed by atoms with Gasteiger partial charge in [-0.3, -0.25) is 4.79 Å². The number of nitrogens with zero attached hydrogens (tertiary/aromatic N) is 2. The van der Waals surface area contributed by atoms with Crippen molar-refractivity contribution in [3.8, 4) is 17.1 Å². The molecule has 0 aliphatic carbocycles. The zero-order valence-electron chi connectivity index (χ0n) is 15.8. The predicted octanol–water partition coefficient (Wildman–Crippen LogP) is 3.91. The van der Waals surface area contributed by atoms with E-state index in [4.69, 9.17) is 9.26 Å². The Morgan fingerprint density at radius 2 is 2.00 bits per heavy atom. The number of carbonyl (C=O) groups excluding carboxylic acids is 1. The molecule has 1 N–H and O–H groups in total. The molecule has 3 aromatic rings. The minimum absolute atomic E-state index is 0.118. The van der Waals surface area contributed by atoms with Crippen molar-refractivity contribution < 1.29 is 18.4 Å². The molecule has 0 bridgehead atoms. The molecule has 0 aliphatic heterocycles. The van der Waals surface area contributed by atoms with Crippen LogP contribution in [-0.2, 0) is 17.8 Å². The van der Waals surface area contributed by atoms with E-state index in [9.17, 15) is 9.18 Å². The van der Waals surface area contributed by atoms with Crippen LogP contribution < -0.4 is 10.1 Å². The Bertz CT molecular complexity index is 923. The molecular weight excluding hydrogens is 361 g/mol. The van der Waals surface area contributed by atoms with Crippen LogP contribution in [0.15, 0.2) is 53.1 Å². The van der Waals surface area contributed by atoms with Crippen LogP contribution in [0.3, 0.4) is 0 Å². The number of rotatable bonds is 8. The molecule has 28 heavy (non-hydrogen) atoms. The molecule has 7 heteroatoms. The fourth-order valence-corrected chi connectivity index (χ4v) is 2.57. The first-order valence-corrected chi connectivity index (χ1v) is 9.10. The number of hydrogen-bond acceptors (Lipinski definition) is 5. The van der Waals surface area contributed by atoms with Crippen molar-refractivity contribution in [2.24, 2.45) is 0 Å². The maximum atomic E-state index is 13.3. The minimum atomic E-state index is -0.368. The summed E-state index contributed by atoms with van der Waals surface area (Å²) >= 11 is 0. The Labute approximate surface area is 162 Å². The number of benzene rings is 2. The summed E-state index contributed by atoms with van der Waals surface area (Å²) in [5.41, 5.74) is 1.51. The molecule has 1 amide bonds. The largest absolute Gasteiger partial charge is 0.491 e. The van der Waals surface area contributed by atoms with Gasteiger partial charge in [0.2, 0.25) is 17.6 Å². The second-order valence-corrected chi connectivity index (χ2v) is 6.61. The van der Waals surface area contributed by atoms with Crippen molar-refractivity contribution >= 4 is 5.91 Å². The molecule has 0 unspecified atom stereocenters. The van der Waals surface area contributed by atoms with Gasteiger partial charge < -0.3 is 14.6 Å². The van der Waals surface area contributed by atoms with Crippen molar-refractivity contribution in [1.82, 2.24) is 15.5 Å². The van der Waals surface area contributed by atoms with Crippen molar-refractivity contribution in [3.63, 3.8) is 0 Å². The van der Waals surface area contributed by atoms with Gasteiger partial charge in [-0.2, -0.15) is 4.98 Å². The number of ether oxygens (including phenoxy) is 1. The molecule has 3 rings (SSSR count). The van der Waals surface area contributed by atoms with Gasteiger partial charge in [-0.15, -0.1) is 0 Å². The molecule has 0 aliphatic rings. The first kappa shape index (κ1) is 19.5. The number of aryl methyl sites for hydroxylation is 1. The SMILES string of the molecule is CC(C)Oc1ccc(CNC(=O)CCc2nc(-c3cccc(F)c3)no2)cc1. The summed E-state index contributed by atoms with van der Waals surface area (Å²) in [5.74, 6) is 0.957. The molecule has 0 spiro atoms. The summed E-state index contributed by atoms with van der Waals surface area (Å²) in [6, 6.07) is 13.6. The van der Waals surface area contributed by atoms with Crippen LogP contribution in [0.1, 0.15) is 31.7 Å². The van der Waals surface area contributed by atoms with Crippen molar-refractivity contribution in [2.45, 2.75) is 39.3 Å². The Balaban J connectivity index is 1.46. The standard InChI is InChI=1S/C21H22FN3O3/c1-14(2)27-18-8-6-15(7-9-18)13-23-19(26)10-11-20-24-21(25-28-20)16-4-3-5-17(22)12-16/h3-9,12,14H,10-11,13H2,1-2H3,(H,23,26). The highest BCUT2D eigenvalue weighted by Gasteiger charge is 2.11. The number of halogens is 1. The van der Waals surface area contributed by atoms with Gasteiger partial charge in [0, 0.05) is 24.9 Å². The molecule has 0 radical (unpaired) electrons. The van der Waals surface area contributed by atoms with Crippen LogP contribution >= 0.6 is 0 Å². The average Bonchev–Trinajstić information content (AvgIpc) is 3.14. The van der Waals surface area contributed by atoms with Crippen LogP contribution in [0.25, 0.3) is 11.4 Å². The van der Waals surface area contributed by atoms with E-state index < -0.39 is 0 Å². The lowest BCUT2D eigenvalue weighted by atomic mass is 10.2. The molecule has 0 fully saturated rings. The van der Waals surface area contributed by atoms with Crippen LogP contribution in [0.4, 0.5) is 4.39 Å². The van der Waals surface area contributed by atoms with Gasteiger partial charge in [0.15, 0.2) is 0 Å². The highest BCUT2D eigenvalue weighted by atomic mass is 19.1. The summed E-state index contributed by atoms with van der Waals surface area (Å²) in [6.07, 6.45) is 0.658. The Morgan fingerprint density at radius 1 is 1.21 bits per heavy atom. The second kappa shape index (κ2) is 9.12. The zero-order valence-corrected chi connectivity index (χ0v) is 15.8. The van der Waals surface area contributed by atoms with Gasteiger partial charge in [-0.05, 0) is 43.7 Å². The monoisotopic (exact) mass is 383 g/mol. The number of carbonyl (C=O) groups is 1. The van der Waals surface area contributed by atoms with E-state index in [0.29, 0.717) is 30.2 Å². The summed E-state index contributed by atoms with van der Waals surface area (Å²) < 4.78 is 24.0. The van der Waals surface area contributed by atoms with Crippen molar-refractivity contribution in [3.05, 3.63) is 65.8 Å². The zero-order chi connectivity index (χ0) is 19.9. The molecule has 0 atom stereocenters. The molecule has 1 heterocycles. The Kier molecular flexibility index (Phi) is 6.37. The van der Waals surface area contributed by atoms with E-state index >= 15 is 0 Å². The van der Waals surface area contributed by atoms with Crippen molar-refractivity contribution in [1.29, 1.82) is 0 Å². The summed E-state index contributed by atoms with van der Waals surface area (Å²) in [4.78, 5) is 16.3. The van der Waals surface area contributed by atoms with Gasteiger partial charge in [0.05, 0.1) is 6.10 Å². The Morgan fingerprint density at radius 3 is 2.71 bits per heavy atom. The summed E-state index contributed by atoms with van der Waals surface area (Å²) in [6.45, 7) is 4.37. The van der Waals surface area contributed by atoms with E-state index in [1.54, 1.807) is 12.1 Å². The molecule has 2 aromatic carbocycles. The van der Waals surface area contributed by atoms with Crippen molar-refractivity contribution in [2.75, 3.05) is 0 Å². The van der Waals surface area contributed by atoms with Crippen LogP contribution in [-0.4, -0.2) is 22.2 Å². The van der Waals surface area contributed by atoms with Crippen LogP contribution in [0, 0.1) is 5.82 Å². The first-order valence-electron chi connectivity index (χ1n) is 9.10. The highest BCUT2D eigenvalue weighted by Crippen LogP contribution is 2.17.